The summed E-state index contributed by atoms with van der Waals surface area (Å²) in [5.74, 6) is 1.64. The number of benzene rings is 3. The summed E-state index contributed by atoms with van der Waals surface area (Å²) < 4.78 is 12.5. The van der Waals surface area contributed by atoms with Crippen LogP contribution in [0.15, 0.2) is 77.6 Å². The van der Waals surface area contributed by atoms with Gasteiger partial charge in [-0.05, 0) is 74.5 Å². The SMILES string of the molecule is CCOc1ccc(OCC(=O)Nc2ccc(-n3c(C)nc4ccccc4c3=O)cc2)cc1. The van der Waals surface area contributed by atoms with Gasteiger partial charge in [-0.25, -0.2) is 4.98 Å². The first kappa shape index (κ1) is 21.1. The molecule has 0 atom stereocenters. The zero-order valence-electron chi connectivity index (χ0n) is 17.9. The van der Waals surface area contributed by atoms with E-state index in [-0.39, 0.29) is 18.1 Å². The molecule has 0 radical (unpaired) electrons. The molecule has 4 rings (SSSR count). The Kier molecular flexibility index (Phi) is 6.17. The van der Waals surface area contributed by atoms with Crippen LogP contribution in [0.25, 0.3) is 16.6 Å². The molecule has 1 aromatic heterocycles. The highest BCUT2D eigenvalue weighted by Crippen LogP contribution is 2.18. The van der Waals surface area contributed by atoms with Crippen LogP contribution < -0.4 is 20.3 Å². The Hall–Kier alpha value is -4.13. The molecule has 1 amide bonds. The molecular formula is C25H23N3O4. The summed E-state index contributed by atoms with van der Waals surface area (Å²) in [7, 11) is 0. The second kappa shape index (κ2) is 9.34. The largest absolute Gasteiger partial charge is 0.494 e. The normalized spacial score (nSPS) is 10.7. The zero-order chi connectivity index (χ0) is 22.5. The molecule has 1 N–H and O–H groups in total. The highest BCUT2D eigenvalue weighted by molar-refractivity contribution is 5.92. The molecule has 0 fully saturated rings. The maximum atomic E-state index is 12.9. The average Bonchev–Trinajstić information content (AvgIpc) is 2.80. The number of ether oxygens (including phenoxy) is 2. The number of rotatable bonds is 7. The Morgan fingerprint density at radius 3 is 2.28 bits per heavy atom. The third-order valence-electron chi connectivity index (χ3n) is 4.86. The first-order valence-electron chi connectivity index (χ1n) is 10.3. The quantitative estimate of drug-likeness (QED) is 0.478. The fourth-order valence-corrected chi connectivity index (χ4v) is 3.39. The number of hydrogen-bond donors (Lipinski definition) is 1. The van der Waals surface area contributed by atoms with Crippen molar-refractivity contribution >= 4 is 22.5 Å². The van der Waals surface area contributed by atoms with Crippen molar-refractivity contribution in [1.29, 1.82) is 0 Å². The van der Waals surface area contributed by atoms with Crippen LogP contribution in [0.3, 0.4) is 0 Å². The molecule has 4 aromatic rings. The number of amides is 1. The summed E-state index contributed by atoms with van der Waals surface area (Å²) >= 11 is 0. The van der Waals surface area contributed by atoms with Crippen LogP contribution in [0.2, 0.25) is 0 Å². The van der Waals surface area contributed by atoms with Gasteiger partial charge in [0.25, 0.3) is 11.5 Å². The number of fused-ring (bicyclic) bond motifs is 1. The number of carbonyl (C=O) groups excluding carboxylic acids is 1. The van der Waals surface area contributed by atoms with Gasteiger partial charge in [-0.1, -0.05) is 12.1 Å². The number of aryl methyl sites for hydroxylation is 1. The fourth-order valence-electron chi connectivity index (χ4n) is 3.39. The van der Waals surface area contributed by atoms with Crippen LogP contribution in [-0.2, 0) is 4.79 Å². The second-order valence-corrected chi connectivity index (χ2v) is 7.10. The lowest BCUT2D eigenvalue weighted by Gasteiger charge is -2.12. The molecule has 0 aliphatic carbocycles. The molecule has 3 aromatic carbocycles. The molecule has 0 saturated carbocycles. The standard InChI is InChI=1S/C25H23N3O4/c1-3-31-20-12-14-21(15-13-20)32-16-24(29)27-18-8-10-19(11-9-18)28-17(2)26-23-7-5-4-6-22(23)25(28)30/h4-15H,3,16H2,1-2H3,(H,27,29). The number of carbonyl (C=O) groups is 1. The third kappa shape index (κ3) is 4.62. The number of para-hydroxylation sites is 1. The van der Waals surface area contributed by atoms with Gasteiger partial charge in [0.05, 0.1) is 23.2 Å². The molecule has 7 heteroatoms. The summed E-state index contributed by atoms with van der Waals surface area (Å²) in [6.45, 7) is 4.18. The minimum absolute atomic E-state index is 0.122. The number of aromatic nitrogens is 2. The maximum Gasteiger partial charge on any atom is 0.265 e. The summed E-state index contributed by atoms with van der Waals surface area (Å²) in [5, 5.41) is 3.35. The minimum atomic E-state index is -0.285. The summed E-state index contributed by atoms with van der Waals surface area (Å²) in [6.07, 6.45) is 0. The third-order valence-corrected chi connectivity index (χ3v) is 4.86. The molecule has 0 bridgehead atoms. The van der Waals surface area contributed by atoms with Gasteiger partial charge >= 0.3 is 0 Å². The van der Waals surface area contributed by atoms with Gasteiger partial charge in [-0.3, -0.25) is 14.2 Å². The number of nitrogens with zero attached hydrogens (tertiary/aromatic N) is 2. The molecule has 0 unspecified atom stereocenters. The maximum absolute atomic E-state index is 12.9. The van der Waals surface area contributed by atoms with Crippen LogP contribution in [-0.4, -0.2) is 28.7 Å². The smallest absolute Gasteiger partial charge is 0.265 e. The Bertz CT molecular complexity index is 1300. The van der Waals surface area contributed by atoms with Crippen molar-refractivity contribution in [3.8, 4) is 17.2 Å². The Labute approximate surface area is 185 Å². The van der Waals surface area contributed by atoms with E-state index in [2.05, 4.69) is 10.3 Å². The lowest BCUT2D eigenvalue weighted by molar-refractivity contribution is -0.118. The van der Waals surface area contributed by atoms with Crippen LogP contribution in [0.5, 0.6) is 11.5 Å². The first-order chi connectivity index (χ1) is 15.5. The van der Waals surface area contributed by atoms with E-state index in [0.29, 0.717) is 40.5 Å². The number of nitrogens with one attached hydrogen (secondary N) is 1. The minimum Gasteiger partial charge on any atom is -0.494 e. The molecule has 162 valence electrons. The van der Waals surface area contributed by atoms with E-state index < -0.39 is 0 Å². The Morgan fingerprint density at radius 1 is 0.938 bits per heavy atom. The van der Waals surface area contributed by atoms with Crippen molar-refractivity contribution in [2.24, 2.45) is 0 Å². The van der Waals surface area contributed by atoms with Crippen molar-refractivity contribution in [3.63, 3.8) is 0 Å². The van der Waals surface area contributed by atoms with Gasteiger partial charge in [0, 0.05) is 5.69 Å². The molecular weight excluding hydrogens is 406 g/mol. The topological polar surface area (TPSA) is 82.4 Å². The molecule has 0 aliphatic heterocycles. The molecule has 32 heavy (non-hydrogen) atoms. The van der Waals surface area contributed by atoms with Gasteiger partial charge in [0.15, 0.2) is 6.61 Å². The summed E-state index contributed by atoms with van der Waals surface area (Å²) in [6, 6.07) is 21.4. The molecule has 0 saturated heterocycles. The van der Waals surface area contributed by atoms with Crippen LogP contribution in [0.1, 0.15) is 12.7 Å². The van der Waals surface area contributed by atoms with Crippen molar-refractivity contribution < 1.29 is 14.3 Å². The summed E-state index contributed by atoms with van der Waals surface area (Å²) in [4.78, 5) is 29.7. The lowest BCUT2D eigenvalue weighted by Crippen LogP contribution is -2.22. The van der Waals surface area contributed by atoms with Crippen LogP contribution >= 0.6 is 0 Å². The predicted octanol–water partition coefficient (Wildman–Crippen LogP) is 4.11. The van der Waals surface area contributed by atoms with E-state index >= 15 is 0 Å². The molecule has 0 spiro atoms. The number of hydrogen-bond acceptors (Lipinski definition) is 5. The Morgan fingerprint density at radius 2 is 1.59 bits per heavy atom. The van der Waals surface area contributed by atoms with Gasteiger partial charge < -0.3 is 14.8 Å². The van der Waals surface area contributed by atoms with Gasteiger partial charge in [0.2, 0.25) is 0 Å². The predicted molar refractivity (Wildman–Crippen MR) is 124 cm³/mol. The van der Waals surface area contributed by atoms with Crippen molar-refractivity contribution in [2.45, 2.75) is 13.8 Å². The van der Waals surface area contributed by atoms with E-state index in [1.54, 1.807) is 66.1 Å². The monoisotopic (exact) mass is 429 g/mol. The van der Waals surface area contributed by atoms with Crippen molar-refractivity contribution in [3.05, 3.63) is 89.0 Å². The van der Waals surface area contributed by atoms with Crippen molar-refractivity contribution in [2.75, 3.05) is 18.5 Å². The highest BCUT2D eigenvalue weighted by Gasteiger charge is 2.10. The van der Waals surface area contributed by atoms with E-state index in [1.165, 1.54) is 0 Å². The van der Waals surface area contributed by atoms with E-state index in [0.717, 1.165) is 5.75 Å². The van der Waals surface area contributed by atoms with Crippen LogP contribution in [0.4, 0.5) is 5.69 Å². The molecule has 7 nitrogen and oxygen atoms in total. The van der Waals surface area contributed by atoms with Gasteiger partial charge in [-0.15, -0.1) is 0 Å². The Balaban J connectivity index is 1.42. The highest BCUT2D eigenvalue weighted by atomic mass is 16.5. The average molecular weight is 429 g/mol. The van der Waals surface area contributed by atoms with Gasteiger partial charge in [0.1, 0.15) is 17.3 Å². The van der Waals surface area contributed by atoms with Crippen molar-refractivity contribution in [1.82, 2.24) is 9.55 Å². The van der Waals surface area contributed by atoms with E-state index in [4.69, 9.17) is 9.47 Å². The van der Waals surface area contributed by atoms with Gasteiger partial charge in [-0.2, -0.15) is 0 Å². The molecule has 0 aliphatic rings. The second-order valence-electron chi connectivity index (χ2n) is 7.10. The van der Waals surface area contributed by atoms with E-state index in [1.807, 2.05) is 25.1 Å². The lowest BCUT2D eigenvalue weighted by atomic mass is 10.2. The first-order valence-corrected chi connectivity index (χ1v) is 10.3. The zero-order valence-corrected chi connectivity index (χ0v) is 17.9. The molecule has 1 heterocycles. The van der Waals surface area contributed by atoms with Crippen LogP contribution in [0, 0.1) is 6.92 Å². The number of anilines is 1. The van der Waals surface area contributed by atoms with E-state index in [9.17, 15) is 9.59 Å². The fraction of sp³-hybridized carbons (Fsp3) is 0.160. The summed E-state index contributed by atoms with van der Waals surface area (Å²) in [5.41, 5.74) is 1.82.